The van der Waals surface area contributed by atoms with E-state index in [1.807, 2.05) is 26.1 Å². The monoisotopic (exact) mass is 372 g/mol. The number of rotatable bonds is 7. The molecule has 0 aliphatic carbocycles. The molecule has 0 aliphatic heterocycles. The fourth-order valence-electron chi connectivity index (χ4n) is 2.29. The summed E-state index contributed by atoms with van der Waals surface area (Å²) in [4.78, 5) is 8.56. The lowest BCUT2D eigenvalue weighted by molar-refractivity contribution is 0.583. The fraction of sp³-hybridized carbons (Fsp3) is 0.235. The highest BCUT2D eigenvalue weighted by Crippen LogP contribution is 2.10. The van der Waals surface area contributed by atoms with E-state index in [2.05, 4.69) is 25.1 Å². The number of hydrogen-bond acceptors (Lipinski definition) is 6. The summed E-state index contributed by atoms with van der Waals surface area (Å²) in [5.74, 6) is 1.23. The Morgan fingerprint density at radius 1 is 1.04 bits per heavy atom. The van der Waals surface area contributed by atoms with Crippen LogP contribution in [-0.2, 0) is 10.0 Å². The first-order valence-corrected chi connectivity index (χ1v) is 9.57. The van der Waals surface area contributed by atoms with E-state index in [9.17, 15) is 8.42 Å². The molecule has 2 aromatic heterocycles. The van der Waals surface area contributed by atoms with Gasteiger partial charge in [-0.25, -0.2) is 27.8 Å². The Bertz CT molecular complexity index is 982. The summed E-state index contributed by atoms with van der Waals surface area (Å²) in [6, 6.07) is 10.4. The highest BCUT2D eigenvalue weighted by Gasteiger charge is 2.12. The lowest BCUT2D eigenvalue weighted by atomic mass is 10.2. The third-order valence-corrected chi connectivity index (χ3v) is 5.14. The van der Waals surface area contributed by atoms with Crippen LogP contribution in [0, 0.1) is 13.8 Å². The Kier molecular flexibility index (Phi) is 5.29. The lowest BCUT2D eigenvalue weighted by Gasteiger charge is -2.09. The molecule has 8 nitrogen and oxygen atoms in total. The van der Waals surface area contributed by atoms with Crippen molar-refractivity contribution in [1.29, 1.82) is 0 Å². The van der Waals surface area contributed by atoms with Gasteiger partial charge in [0.15, 0.2) is 5.82 Å². The van der Waals surface area contributed by atoms with Gasteiger partial charge in [0.1, 0.15) is 12.1 Å². The number of sulfonamides is 1. The van der Waals surface area contributed by atoms with Crippen molar-refractivity contribution in [2.45, 2.75) is 18.7 Å². The Morgan fingerprint density at radius 3 is 2.50 bits per heavy atom. The van der Waals surface area contributed by atoms with Crippen molar-refractivity contribution in [2.24, 2.45) is 0 Å². The van der Waals surface area contributed by atoms with Crippen molar-refractivity contribution < 1.29 is 8.42 Å². The largest absolute Gasteiger partial charge is 0.369 e. The van der Waals surface area contributed by atoms with Crippen molar-refractivity contribution in [3.8, 4) is 5.82 Å². The normalized spacial score (nSPS) is 11.5. The molecule has 136 valence electrons. The fourth-order valence-corrected chi connectivity index (χ4v) is 3.32. The van der Waals surface area contributed by atoms with E-state index in [-0.39, 0.29) is 11.4 Å². The molecule has 0 aliphatic rings. The molecule has 0 atom stereocenters. The minimum Gasteiger partial charge on any atom is -0.369 e. The van der Waals surface area contributed by atoms with Crippen LogP contribution < -0.4 is 10.0 Å². The number of nitrogens with zero attached hydrogens (tertiary/aromatic N) is 4. The molecule has 26 heavy (non-hydrogen) atoms. The first kappa shape index (κ1) is 18.0. The summed E-state index contributed by atoms with van der Waals surface area (Å²) in [6.07, 6.45) is 3.25. The van der Waals surface area contributed by atoms with Gasteiger partial charge in [-0.3, -0.25) is 0 Å². The van der Waals surface area contributed by atoms with Gasteiger partial charge in [0.2, 0.25) is 10.0 Å². The average Bonchev–Trinajstić information content (AvgIpc) is 3.06. The lowest BCUT2D eigenvalue weighted by Crippen LogP contribution is -2.29. The third kappa shape index (κ3) is 4.44. The highest BCUT2D eigenvalue weighted by atomic mass is 32.2. The molecule has 0 radical (unpaired) electrons. The minimum absolute atomic E-state index is 0.233. The summed E-state index contributed by atoms with van der Waals surface area (Å²) in [5, 5.41) is 7.37. The van der Waals surface area contributed by atoms with Gasteiger partial charge in [-0.15, -0.1) is 0 Å². The van der Waals surface area contributed by atoms with E-state index < -0.39 is 10.0 Å². The van der Waals surface area contributed by atoms with Gasteiger partial charge in [-0.1, -0.05) is 17.7 Å². The van der Waals surface area contributed by atoms with E-state index in [1.165, 1.54) is 6.33 Å². The van der Waals surface area contributed by atoms with Crippen LogP contribution in [0.4, 0.5) is 5.82 Å². The summed E-state index contributed by atoms with van der Waals surface area (Å²) in [7, 11) is -3.52. The maximum atomic E-state index is 12.2. The van der Waals surface area contributed by atoms with Gasteiger partial charge < -0.3 is 5.32 Å². The van der Waals surface area contributed by atoms with Crippen LogP contribution in [0.5, 0.6) is 0 Å². The SMILES string of the molecule is Cc1ccc(S(=O)(=O)NCCNc2cc(-n3ccc(C)n3)ncn2)cc1. The number of benzene rings is 1. The molecule has 0 fully saturated rings. The van der Waals surface area contributed by atoms with E-state index in [1.54, 1.807) is 35.0 Å². The van der Waals surface area contributed by atoms with Crippen LogP contribution in [0.25, 0.3) is 5.82 Å². The number of hydrogen-bond donors (Lipinski definition) is 2. The minimum atomic E-state index is -3.52. The molecule has 2 heterocycles. The molecule has 9 heteroatoms. The standard InChI is InChI=1S/C17H20N6O2S/c1-13-3-5-15(6-4-13)26(24,25)21-9-8-18-16-11-17(20-12-19-16)23-10-7-14(2)22-23/h3-7,10-12,21H,8-9H2,1-2H3,(H,18,19,20). The molecule has 3 rings (SSSR count). The number of aromatic nitrogens is 4. The second-order valence-electron chi connectivity index (χ2n) is 5.80. The average molecular weight is 372 g/mol. The van der Waals surface area contributed by atoms with Crippen LogP contribution in [-0.4, -0.2) is 41.3 Å². The quantitative estimate of drug-likeness (QED) is 0.612. The molecule has 0 saturated carbocycles. The Labute approximate surface area is 152 Å². The smallest absolute Gasteiger partial charge is 0.240 e. The topological polar surface area (TPSA) is 102 Å². The van der Waals surface area contributed by atoms with Crippen molar-refractivity contribution in [3.63, 3.8) is 0 Å². The summed E-state index contributed by atoms with van der Waals surface area (Å²) in [6.45, 7) is 4.43. The van der Waals surface area contributed by atoms with Crippen molar-refractivity contribution >= 4 is 15.8 Å². The predicted octanol–water partition coefficient (Wildman–Crippen LogP) is 1.67. The molecule has 0 saturated heterocycles. The van der Waals surface area contributed by atoms with Crippen LogP contribution in [0.3, 0.4) is 0 Å². The summed E-state index contributed by atoms with van der Waals surface area (Å²) >= 11 is 0. The van der Waals surface area contributed by atoms with Gasteiger partial charge in [0, 0.05) is 25.4 Å². The Hall–Kier alpha value is -2.78. The summed E-state index contributed by atoms with van der Waals surface area (Å²) in [5.41, 5.74) is 1.90. The first-order chi connectivity index (χ1) is 12.4. The number of aryl methyl sites for hydroxylation is 2. The molecule has 0 unspecified atom stereocenters. The third-order valence-electron chi connectivity index (χ3n) is 3.66. The maximum absolute atomic E-state index is 12.2. The van der Waals surface area contributed by atoms with E-state index >= 15 is 0 Å². The zero-order valence-corrected chi connectivity index (χ0v) is 15.4. The molecule has 0 amide bonds. The molecule has 2 N–H and O–H groups in total. The van der Waals surface area contributed by atoms with Crippen LogP contribution >= 0.6 is 0 Å². The number of anilines is 1. The van der Waals surface area contributed by atoms with Gasteiger partial charge >= 0.3 is 0 Å². The molecule has 0 spiro atoms. The molecular formula is C17H20N6O2S. The van der Waals surface area contributed by atoms with Crippen LogP contribution in [0.2, 0.25) is 0 Å². The first-order valence-electron chi connectivity index (χ1n) is 8.09. The number of nitrogens with one attached hydrogen (secondary N) is 2. The molecule has 3 aromatic rings. The van der Waals surface area contributed by atoms with Crippen LogP contribution in [0.15, 0.2) is 53.8 Å². The second-order valence-corrected chi connectivity index (χ2v) is 7.57. The Balaban J connectivity index is 1.56. The van der Waals surface area contributed by atoms with E-state index in [0.29, 0.717) is 18.2 Å². The second kappa shape index (κ2) is 7.63. The molecule has 0 bridgehead atoms. The predicted molar refractivity (Wildman–Crippen MR) is 98.7 cm³/mol. The van der Waals surface area contributed by atoms with Crippen molar-refractivity contribution in [2.75, 3.05) is 18.4 Å². The zero-order valence-electron chi connectivity index (χ0n) is 14.5. The van der Waals surface area contributed by atoms with Gasteiger partial charge in [-0.2, -0.15) is 5.10 Å². The summed E-state index contributed by atoms with van der Waals surface area (Å²) < 4.78 is 28.7. The van der Waals surface area contributed by atoms with Gasteiger partial charge in [0.25, 0.3) is 0 Å². The zero-order chi connectivity index (χ0) is 18.6. The van der Waals surface area contributed by atoms with Gasteiger partial charge in [0.05, 0.1) is 10.6 Å². The maximum Gasteiger partial charge on any atom is 0.240 e. The van der Waals surface area contributed by atoms with E-state index in [0.717, 1.165) is 11.3 Å². The van der Waals surface area contributed by atoms with Gasteiger partial charge in [-0.05, 0) is 32.0 Å². The van der Waals surface area contributed by atoms with E-state index in [4.69, 9.17) is 0 Å². The van der Waals surface area contributed by atoms with Crippen molar-refractivity contribution in [3.05, 3.63) is 60.2 Å². The molecule has 1 aromatic carbocycles. The highest BCUT2D eigenvalue weighted by molar-refractivity contribution is 7.89. The molecular weight excluding hydrogens is 352 g/mol. The van der Waals surface area contributed by atoms with Crippen molar-refractivity contribution in [1.82, 2.24) is 24.5 Å². The van der Waals surface area contributed by atoms with Crippen LogP contribution in [0.1, 0.15) is 11.3 Å². The Morgan fingerprint density at radius 2 is 1.81 bits per heavy atom.